The monoisotopic (exact) mass is 882 g/mol. The molecule has 6 rings (SSSR count). The number of carboxylic acid groups (broad SMARTS) is 1. The largest absolute Gasteiger partial charge is 0.481 e. The Hall–Kier alpha value is -3.17. The van der Waals surface area contributed by atoms with Gasteiger partial charge in [0.2, 0.25) is 0 Å². The zero-order valence-corrected chi connectivity index (χ0v) is 39.0. The number of alkyl carbamates (subject to hydrolysis) is 1. The summed E-state index contributed by atoms with van der Waals surface area (Å²) in [4.78, 5) is 40.1. The maximum atomic E-state index is 14.6. The number of carbonyl (C=O) groups is 3. The number of benzene rings is 1. The Morgan fingerprint density at radius 1 is 0.937 bits per heavy atom. The number of hydrogen-bond donors (Lipinski definition) is 4. The number of aliphatic carboxylic acids is 1. The van der Waals surface area contributed by atoms with Crippen molar-refractivity contribution in [3.63, 3.8) is 0 Å². The van der Waals surface area contributed by atoms with Gasteiger partial charge in [-0.3, -0.25) is 9.59 Å². The zero-order chi connectivity index (χ0) is 46.0. The minimum absolute atomic E-state index is 0.0458. The van der Waals surface area contributed by atoms with Gasteiger partial charge in [0.25, 0.3) is 0 Å². The smallest absolute Gasteiger partial charge is 0.407 e. The minimum atomic E-state index is -1.35. The highest BCUT2D eigenvalue weighted by atomic mass is 16.8. The van der Waals surface area contributed by atoms with Crippen molar-refractivity contribution < 1.29 is 58.1 Å². The van der Waals surface area contributed by atoms with Crippen molar-refractivity contribution in [3.05, 3.63) is 60.2 Å². The van der Waals surface area contributed by atoms with Gasteiger partial charge in [-0.05, 0) is 95.1 Å². The first-order valence-electron chi connectivity index (χ1n) is 23.7. The lowest BCUT2D eigenvalue weighted by atomic mass is 9.74. The molecule has 5 aliphatic heterocycles. The van der Waals surface area contributed by atoms with E-state index in [4.69, 9.17) is 28.4 Å². The van der Waals surface area contributed by atoms with E-state index >= 15 is 0 Å². The lowest BCUT2D eigenvalue weighted by Crippen LogP contribution is -2.56. The summed E-state index contributed by atoms with van der Waals surface area (Å²) in [5, 5.41) is 36.0. The highest BCUT2D eigenvalue weighted by Crippen LogP contribution is 2.51. The Bertz CT molecular complexity index is 1790. The summed E-state index contributed by atoms with van der Waals surface area (Å²) >= 11 is 0. The number of ketones is 1. The summed E-state index contributed by atoms with van der Waals surface area (Å²) in [5.74, 6) is -4.98. The van der Waals surface area contributed by atoms with E-state index in [2.05, 4.69) is 25.7 Å². The van der Waals surface area contributed by atoms with Gasteiger partial charge >= 0.3 is 12.1 Å². The van der Waals surface area contributed by atoms with Crippen LogP contribution in [-0.4, -0.2) is 99.1 Å². The third-order valence-electron chi connectivity index (χ3n) is 15.6. The van der Waals surface area contributed by atoms with E-state index in [1.54, 1.807) is 0 Å². The van der Waals surface area contributed by atoms with Crippen LogP contribution in [0.2, 0.25) is 0 Å². The standard InChI is InChI=1S/C50H75NO12/c1-11-35(45(54)55)39-20-19-28(4)43(60-39)32(8)41(52)31(7)42(53)36(12-2)44-29(5)25-30(6)50(61-44)24-21-38(51-47(56)58-27-34-17-15-14-16-18-34)37-26-48(10,62-46(37)63-50)40-22-23-49(57,13-3)33(9)59-40/h14-18,21,24,28-30,32-33,35-41,43-44,46,52,57H,7,11-13,19-20,22-23,25-27H2,1-6,8-10H3,(H,51,56)(H,54,55)/t28-,29-,30+,32-,33-,35?,36-,37?,38-,39+,40+,41+,43+,44-,46?,48-,49?,50-/m0/s1. The van der Waals surface area contributed by atoms with Crippen LogP contribution >= 0.6 is 0 Å². The Morgan fingerprint density at radius 2 is 1.63 bits per heavy atom. The van der Waals surface area contributed by atoms with Gasteiger partial charge in [-0.25, -0.2) is 4.79 Å². The number of ether oxygens (including phenoxy) is 6. The number of rotatable bonds is 15. The first-order chi connectivity index (χ1) is 29.8. The molecule has 0 saturated carbocycles. The van der Waals surface area contributed by atoms with E-state index in [0.717, 1.165) is 12.0 Å². The van der Waals surface area contributed by atoms with Gasteiger partial charge in [-0.15, -0.1) is 0 Å². The maximum absolute atomic E-state index is 14.6. The summed E-state index contributed by atoms with van der Waals surface area (Å²) in [6.45, 7) is 21.9. The van der Waals surface area contributed by atoms with E-state index < -0.39 is 89.7 Å². The van der Waals surface area contributed by atoms with E-state index in [1.165, 1.54) is 0 Å². The average Bonchev–Trinajstić information content (AvgIpc) is 3.53. The lowest BCUT2D eigenvalue weighted by molar-refractivity contribution is -0.353. The Balaban J connectivity index is 1.23. The molecule has 4 unspecified atom stereocenters. The van der Waals surface area contributed by atoms with Crippen molar-refractivity contribution in [2.24, 2.45) is 41.4 Å². The number of amides is 1. The third kappa shape index (κ3) is 10.3. The second-order valence-electron chi connectivity index (χ2n) is 19.8. The predicted octanol–water partition coefficient (Wildman–Crippen LogP) is 7.90. The average molecular weight is 882 g/mol. The molecule has 0 aromatic heterocycles. The van der Waals surface area contributed by atoms with Gasteiger partial charge in [0.05, 0.1) is 59.8 Å². The van der Waals surface area contributed by atoms with Crippen LogP contribution in [0.1, 0.15) is 126 Å². The van der Waals surface area contributed by atoms with Crippen LogP contribution in [0.5, 0.6) is 0 Å². The summed E-state index contributed by atoms with van der Waals surface area (Å²) in [6, 6.07) is 8.89. The second-order valence-corrected chi connectivity index (χ2v) is 19.8. The molecule has 0 bridgehead atoms. The Morgan fingerprint density at radius 3 is 2.27 bits per heavy atom. The van der Waals surface area contributed by atoms with Crippen LogP contribution in [0.3, 0.4) is 0 Å². The lowest BCUT2D eigenvalue weighted by Gasteiger charge is -2.49. The number of carbonyl (C=O) groups excluding carboxylic acids is 2. The van der Waals surface area contributed by atoms with Crippen LogP contribution < -0.4 is 5.32 Å². The van der Waals surface area contributed by atoms with Crippen molar-refractivity contribution in [1.29, 1.82) is 0 Å². The predicted molar refractivity (Wildman–Crippen MR) is 236 cm³/mol. The molecule has 1 spiro atoms. The van der Waals surface area contributed by atoms with Crippen molar-refractivity contribution >= 4 is 17.8 Å². The molecule has 0 radical (unpaired) electrons. The molecule has 63 heavy (non-hydrogen) atoms. The SMILES string of the molecule is C=C(C(=O)[C@H](CC)[C@H]1O[C@]2(C=C[C@H](NC(=O)OCc3ccccc3)C3C[C@@](C)([C@H]4CCC(O)(CC)[C@H](C)O4)OC3O2)[C@H](C)C[C@@H]1C)[C@@H](O)[C@H](C)[C@@H]1O[C@@H](C(CC)C(=O)O)CC[C@@H]1C. The van der Waals surface area contributed by atoms with E-state index in [-0.39, 0.29) is 47.7 Å². The van der Waals surface area contributed by atoms with Gasteiger partial charge in [0, 0.05) is 29.2 Å². The summed E-state index contributed by atoms with van der Waals surface area (Å²) in [7, 11) is 0. The Kier molecular flexibility index (Phi) is 15.8. The number of aliphatic hydroxyl groups is 2. The molecule has 1 aromatic carbocycles. The molecule has 13 heteroatoms. The maximum Gasteiger partial charge on any atom is 0.407 e. The van der Waals surface area contributed by atoms with Crippen molar-refractivity contribution in [3.8, 4) is 0 Å². The van der Waals surface area contributed by atoms with Crippen molar-refractivity contribution in [1.82, 2.24) is 5.32 Å². The number of carboxylic acids is 1. The fraction of sp³-hybridized carbons (Fsp3) is 0.740. The highest BCUT2D eigenvalue weighted by Gasteiger charge is 2.59. The van der Waals surface area contributed by atoms with Gasteiger partial charge in [0.1, 0.15) is 6.61 Å². The molecular weight excluding hydrogens is 807 g/mol. The van der Waals surface area contributed by atoms with Crippen molar-refractivity contribution in [2.75, 3.05) is 0 Å². The zero-order valence-electron chi connectivity index (χ0n) is 39.0. The molecule has 1 aromatic rings. The molecular formula is C50H75NO12. The fourth-order valence-corrected chi connectivity index (χ4v) is 11.3. The third-order valence-corrected chi connectivity index (χ3v) is 15.6. The number of Topliss-reactive ketones (excluding diaryl/α,β-unsaturated/α-hetero) is 1. The molecule has 5 heterocycles. The summed E-state index contributed by atoms with van der Waals surface area (Å²) in [5.41, 5.74) is -0.832. The van der Waals surface area contributed by atoms with E-state index in [1.807, 2.05) is 91.0 Å². The van der Waals surface area contributed by atoms with Gasteiger partial charge in [0.15, 0.2) is 17.9 Å². The molecule has 0 aliphatic carbocycles. The van der Waals surface area contributed by atoms with Crippen LogP contribution in [0.15, 0.2) is 54.6 Å². The molecule has 4 N–H and O–H groups in total. The van der Waals surface area contributed by atoms with Crippen LogP contribution in [0, 0.1) is 41.4 Å². The number of nitrogens with one attached hydrogen (secondary N) is 1. The van der Waals surface area contributed by atoms with Gasteiger partial charge < -0.3 is 49.1 Å². The highest BCUT2D eigenvalue weighted by molar-refractivity contribution is 5.98. The normalized spacial score (nSPS) is 39.9. The van der Waals surface area contributed by atoms with Crippen LogP contribution in [-0.2, 0) is 44.6 Å². The molecule has 18 atom stereocenters. The topological polar surface area (TPSA) is 179 Å². The fourth-order valence-electron chi connectivity index (χ4n) is 11.3. The first kappa shape index (κ1) is 49.3. The van der Waals surface area contributed by atoms with Crippen molar-refractivity contribution in [2.45, 2.75) is 193 Å². The van der Waals surface area contributed by atoms with Crippen LogP contribution in [0.25, 0.3) is 0 Å². The molecule has 4 fully saturated rings. The van der Waals surface area contributed by atoms with Gasteiger partial charge in [-0.2, -0.15) is 0 Å². The number of aliphatic hydroxyl groups excluding tert-OH is 1. The minimum Gasteiger partial charge on any atom is -0.481 e. The quantitative estimate of drug-likeness (QED) is 0.0990. The van der Waals surface area contributed by atoms with E-state index in [0.29, 0.717) is 51.4 Å². The summed E-state index contributed by atoms with van der Waals surface area (Å²) in [6.07, 6.45) is 3.83. The van der Waals surface area contributed by atoms with Crippen LogP contribution in [0.4, 0.5) is 4.79 Å². The summed E-state index contributed by atoms with van der Waals surface area (Å²) < 4.78 is 39.7. The molecule has 5 aliphatic rings. The van der Waals surface area contributed by atoms with Gasteiger partial charge in [-0.1, -0.05) is 91.5 Å². The molecule has 1 amide bonds. The number of hydrogen-bond acceptors (Lipinski definition) is 11. The first-order valence-corrected chi connectivity index (χ1v) is 23.7. The Labute approximate surface area is 374 Å². The molecule has 352 valence electrons. The second kappa shape index (κ2) is 20.1. The molecule has 13 nitrogen and oxygen atoms in total. The van der Waals surface area contributed by atoms with E-state index in [9.17, 15) is 29.7 Å². The number of fused-ring (bicyclic) bond motifs is 1. The molecule has 4 saturated heterocycles.